The van der Waals surface area contributed by atoms with Crippen molar-refractivity contribution in [1.82, 2.24) is 0 Å². The molecule has 0 amide bonds. The lowest BCUT2D eigenvalue weighted by Gasteiger charge is -2.13. The molecule has 0 aromatic heterocycles. The van der Waals surface area contributed by atoms with Crippen LogP contribution in [0.3, 0.4) is 0 Å². The first-order chi connectivity index (χ1) is 7.54. The summed E-state index contributed by atoms with van der Waals surface area (Å²) in [6.07, 6.45) is 0.129. The van der Waals surface area contributed by atoms with Crippen LogP contribution in [0, 0.1) is 0 Å². The number of hydrogen-bond acceptors (Lipinski definition) is 3. The Balaban J connectivity index is 2.76. The average Bonchev–Trinajstić information content (AvgIpc) is 2.21. The van der Waals surface area contributed by atoms with Gasteiger partial charge >= 0.3 is 5.97 Å². The molecule has 1 atom stereocenters. The van der Waals surface area contributed by atoms with Crippen LogP contribution in [0.2, 0.25) is 5.02 Å². The van der Waals surface area contributed by atoms with Gasteiger partial charge in [0.05, 0.1) is 13.0 Å². The van der Waals surface area contributed by atoms with Crippen LogP contribution in [0.5, 0.6) is 0 Å². The molecule has 0 aliphatic rings. The van der Waals surface area contributed by atoms with Crippen LogP contribution in [0.4, 0.5) is 0 Å². The second-order valence-corrected chi connectivity index (χ2v) is 4.60. The SMILES string of the molecule is CCOC(=O)CC(N)c1cc(Br)ccc1Cl. The van der Waals surface area contributed by atoms with Crippen molar-refractivity contribution in [3.05, 3.63) is 33.3 Å². The molecule has 1 rings (SSSR count). The van der Waals surface area contributed by atoms with E-state index in [-0.39, 0.29) is 12.4 Å². The lowest BCUT2D eigenvalue weighted by atomic mass is 10.1. The predicted molar refractivity (Wildman–Crippen MR) is 67.3 cm³/mol. The zero-order valence-corrected chi connectivity index (χ0v) is 11.2. The van der Waals surface area contributed by atoms with Crippen molar-refractivity contribution in [3.63, 3.8) is 0 Å². The van der Waals surface area contributed by atoms with Crippen LogP contribution in [0.15, 0.2) is 22.7 Å². The van der Waals surface area contributed by atoms with Gasteiger partial charge in [0.25, 0.3) is 0 Å². The molecular formula is C11H13BrClNO2. The maximum absolute atomic E-state index is 11.3. The molecule has 0 aliphatic carbocycles. The number of nitrogens with two attached hydrogens (primary N) is 1. The number of hydrogen-bond donors (Lipinski definition) is 1. The molecule has 0 aliphatic heterocycles. The Morgan fingerprint density at radius 3 is 2.94 bits per heavy atom. The van der Waals surface area contributed by atoms with Crippen molar-refractivity contribution in [2.75, 3.05) is 6.61 Å². The summed E-state index contributed by atoms with van der Waals surface area (Å²) >= 11 is 9.33. The molecule has 1 aromatic rings. The van der Waals surface area contributed by atoms with Crippen LogP contribution in [-0.4, -0.2) is 12.6 Å². The van der Waals surface area contributed by atoms with E-state index < -0.39 is 6.04 Å². The number of halogens is 2. The minimum absolute atomic E-state index is 0.129. The molecule has 0 saturated carbocycles. The van der Waals surface area contributed by atoms with E-state index in [9.17, 15) is 4.79 Å². The second kappa shape index (κ2) is 6.23. The summed E-state index contributed by atoms with van der Waals surface area (Å²) in [5, 5.41) is 0.556. The van der Waals surface area contributed by atoms with Gasteiger partial charge in [0.1, 0.15) is 0 Å². The maximum Gasteiger partial charge on any atom is 0.307 e. The lowest BCUT2D eigenvalue weighted by molar-refractivity contribution is -0.143. The average molecular weight is 307 g/mol. The predicted octanol–water partition coefficient (Wildman–Crippen LogP) is 3.06. The molecule has 2 N–H and O–H groups in total. The molecule has 1 aromatic carbocycles. The quantitative estimate of drug-likeness (QED) is 0.870. The van der Waals surface area contributed by atoms with Crippen molar-refractivity contribution in [2.45, 2.75) is 19.4 Å². The largest absolute Gasteiger partial charge is 0.466 e. The van der Waals surface area contributed by atoms with E-state index in [2.05, 4.69) is 15.9 Å². The zero-order chi connectivity index (χ0) is 12.1. The number of ether oxygens (including phenoxy) is 1. The number of rotatable bonds is 4. The molecule has 0 bridgehead atoms. The summed E-state index contributed by atoms with van der Waals surface area (Å²) in [4.78, 5) is 11.3. The third-order valence-electron chi connectivity index (χ3n) is 2.05. The van der Waals surface area contributed by atoms with Gasteiger partial charge in [-0.2, -0.15) is 0 Å². The summed E-state index contributed by atoms with van der Waals surface area (Å²) in [7, 11) is 0. The van der Waals surface area contributed by atoms with Gasteiger partial charge in [-0.05, 0) is 30.7 Å². The Morgan fingerprint density at radius 2 is 2.31 bits per heavy atom. The standard InChI is InChI=1S/C11H13BrClNO2/c1-2-16-11(15)6-10(14)8-5-7(12)3-4-9(8)13/h3-5,10H,2,6,14H2,1H3. The fourth-order valence-electron chi connectivity index (χ4n) is 1.31. The lowest BCUT2D eigenvalue weighted by Crippen LogP contribution is -2.17. The Morgan fingerprint density at radius 1 is 1.62 bits per heavy atom. The molecule has 3 nitrogen and oxygen atoms in total. The molecule has 0 fully saturated rings. The topological polar surface area (TPSA) is 52.3 Å². The van der Waals surface area contributed by atoms with Gasteiger partial charge in [0.2, 0.25) is 0 Å². The summed E-state index contributed by atoms with van der Waals surface area (Å²) in [5.74, 6) is -0.314. The normalized spacial score (nSPS) is 12.2. The minimum atomic E-state index is -0.441. The molecule has 0 spiro atoms. The number of benzene rings is 1. The molecule has 16 heavy (non-hydrogen) atoms. The van der Waals surface area contributed by atoms with Crippen LogP contribution < -0.4 is 5.73 Å². The third-order valence-corrected chi connectivity index (χ3v) is 2.89. The van der Waals surface area contributed by atoms with E-state index in [1.165, 1.54) is 0 Å². The van der Waals surface area contributed by atoms with E-state index in [1.807, 2.05) is 12.1 Å². The highest BCUT2D eigenvalue weighted by atomic mass is 79.9. The van der Waals surface area contributed by atoms with E-state index in [4.69, 9.17) is 22.1 Å². The van der Waals surface area contributed by atoms with Gasteiger partial charge in [-0.25, -0.2) is 0 Å². The van der Waals surface area contributed by atoms with Gasteiger partial charge in [-0.1, -0.05) is 27.5 Å². The highest BCUT2D eigenvalue weighted by Crippen LogP contribution is 2.27. The first kappa shape index (κ1) is 13.5. The summed E-state index contributed by atoms with van der Waals surface area (Å²) in [6.45, 7) is 2.12. The molecule has 1 unspecified atom stereocenters. The summed E-state index contributed by atoms with van der Waals surface area (Å²) < 4.78 is 5.71. The van der Waals surface area contributed by atoms with Crippen molar-refractivity contribution in [1.29, 1.82) is 0 Å². The maximum atomic E-state index is 11.3. The van der Waals surface area contributed by atoms with E-state index in [0.29, 0.717) is 11.6 Å². The zero-order valence-electron chi connectivity index (χ0n) is 8.87. The van der Waals surface area contributed by atoms with Crippen molar-refractivity contribution in [3.8, 4) is 0 Å². The van der Waals surface area contributed by atoms with E-state index in [1.54, 1.807) is 13.0 Å². The van der Waals surface area contributed by atoms with Gasteiger partial charge in [-0.15, -0.1) is 0 Å². The smallest absolute Gasteiger partial charge is 0.307 e. The van der Waals surface area contributed by atoms with Crippen molar-refractivity contribution in [2.24, 2.45) is 5.73 Å². The Hall–Kier alpha value is -0.580. The Bertz CT molecular complexity index is 384. The van der Waals surface area contributed by atoms with Crippen molar-refractivity contribution < 1.29 is 9.53 Å². The highest BCUT2D eigenvalue weighted by molar-refractivity contribution is 9.10. The van der Waals surface area contributed by atoms with E-state index >= 15 is 0 Å². The van der Waals surface area contributed by atoms with Gasteiger partial charge < -0.3 is 10.5 Å². The molecular weight excluding hydrogens is 293 g/mol. The molecule has 0 heterocycles. The monoisotopic (exact) mass is 305 g/mol. The fraction of sp³-hybridized carbons (Fsp3) is 0.364. The second-order valence-electron chi connectivity index (χ2n) is 3.28. The number of esters is 1. The first-order valence-corrected chi connectivity index (χ1v) is 6.07. The van der Waals surface area contributed by atoms with Crippen molar-refractivity contribution >= 4 is 33.5 Å². The first-order valence-electron chi connectivity index (χ1n) is 4.90. The van der Waals surface area contributed by atoms with Crippen LogP contribution in [-0.2, 0) is 9.53 Å². The summed E-state index contributed by atoms with van der Waals surface area (Å²) in [5.41, 5.74) is 6.63. The molecule has 0 saturated heterocycles. The van der Waals surface area contributed by atoms with Gasteiger partial charge in [0, 0.05) is 15.5 Å². The molecule has 88 valence electrons. The molecule has 0 radical (unpaired) electrons. The van der Waals surface area contributed by atoms with Crippen LogP contribution in [0.1, 0.15) is 24.9 Å². The highest BCUT2D eigenvalue weighted by Gasteiger charge is 2.15. The Kier molecular flexibility index (Phi) is 5.25. The van der Waals surface area contributed by atoms with Gasteiger partial charge in [0.15, 0.2) is 0 Å². The third kappa shape index (κ3) is 3.77. The fourth-order valence-corrected chi connectivity index (χ4v) is 1.94. The number of carbonyl (C=O) groups excluding carboxylic acids is 1. The van der Waals surface area contributed by atoms with E-state index in [0.717, 1.165) is 10.0 Å². The molecule has 5 heteroatoms. The van der Waals surface area contributed by atoms with Crippen LogP contribution in [0.25, 0.3) is 0 Å². The summed E-state index contributed by atoms with van der Waals surface area (Å²) in [6, 6.07) is 4.94. The van der Waals surface area contributed by atoms with Crippen LogP contribution >= 0.6 is 27.5 Å². The van der Waals surface area contributed by atoms with Gasteiger partial charge in [-0.3, -0.25) is 4.79 Å². The number of carbonyl (C=O) groups is 1. The minimum Gasteiger partial charge on any atom is -0.466 e. The Labute approximate surface area is 108 Å².